The van der Waals surface area contributed by atoms with Crippen LogP contribution in [0.3, 0.4) is 0 Å². The van der Waals surface area contributed by atoms with E-state index in [2.05, 4.69) is 20.9 Å². The summed E-state index contributed by atoms with van der Waals surface area (Å²) in [5.74, 6) is -0.540. The molecule has 7 heteroatoms. The highest BCUT2D eigenvalue weighted by molar-refractivity contribution is 9.10. The van der Waals surface area contributed by atoms with Crippen molar-refractivity contribution in [2.24, 2.45) is 0 Å². The molecule has 1 aromatic rings. The number of aromatic hydroxyl groups is 1. The maximum absolute atomic E-state index is 12.3. The molecule has 1 rings (SSSR count). The van der Waals surface area contributed by atoms with Crippen molar-refractivity contribution in [1.82, 2.24) is 4.98 Å². The number of halogens is 4. The lowest BCUT2D eigenvalue weighted by atomic mass is 10.3. The first-order valence-electron chi connectivity index (χ1n) is 3.31. The quantitative estimate of drug-likeness (QED) is 0.851. The van der Waals surface area contributed by atoms with E-state index in [0.717, 1.165) is 6.07 Å². The Morgan fingerprint density at radius 2 is 2.21 bits per heavy atom. The van der Waals surface area contributed by atoms with Crippen molar-refractivity contribution in [2.75, 3.05) is 0 Å². The predicted molar refractivity (Wildman–Crippen MR) is 48.7 cm³/mol. The molecule has 0 saturated carbocycles. The Labute approximate surface area is 90.8 Å². The fourth-order valence-electron chi connectivity index (χ4n) is 0.791. The molecule has 0 bridgehead atoms. The maximum Gasteiger partial charge on any atom is 0.281 e. The minimum absolute atomic E-state index is 0.0772. The molecule has 0 atom stereocenters. The summed E-state index contributed by atoms with van der Waals surface area (Å²) in [6.07, 6.45) is -2.85. The van der Waals surface area contributed by atoms with Crippen LogP contribution >= 0.6 is 27.5 Å². The molecular formula is C7H3BrClF2NO2. The Hall–Kier alpha value is -0.750. The number of alkyl halides is 2. The summed E-state index contributed by atoms with van der Waals surface area (Å²) in [6.45, 7) is 0. The van der Waals surface area contributed by atoms with E-state index >= 15 is 0 Å². The molecule has 0 unspecified atom stereocenters. The van der Waals surface area contributed by atoms with Gasteiger partial charge in [0.05, 0.1) is 0 Å². The zero-order valence-corrected chi connectivity index (χ0v) is 8.81. The second kappa shape index (κ2) is 4.18. The van der Waals surface area contributed by atoms with E-state index in [-0.39, 0.29) is 4.47 Å². The molecule has 76 valence electrons. The first kappa shape index (κ1) is 11.3. The van der Waals surface area contributed by atoms with Gasteiger partial charge in [-0.3, -0.25) is 4.79 Å². The van der Waals surface area contributed by atoms with Crippen molar-refractivity contribution in [3.05, 3.63) is 21.9 Å². The van der Waals surface area contributed by atoms with Gasteiger partial charge in [-0.15, -0.1) is 0 Å². The van der Waals surface area contributed by atoms with Gasteiger partial charge in [0.15, 0.2) is 5.69 Å². The molecule has 0 amide bonds. The van der Waals surface area contributed by atoms with Crippen LogP contribution in [0, 0.1) is 0 Å². The third-order valence-corrected chi connectivity index (χ3v) is 2.19. The van der Waals surface area contributed by atoms with Crippen molar-refractivity contribution in [2.45, 2.75) is 6.43 Å². The molecule has 1 aromatic heterocycles. The third kappa shape index (κ3) is 2.19. The van der Waals surface area contributed by atoms with Crippen LogP contribution in [-0.4, -0.2) is 15.3 Å². The van der Waals surface area contributed by atoms with Crippen molar-refractivity contribution in [3.63, 3.8) is 0 Å². The second-order valence-corrected chi connectivity index (χ2v) is 3.50. The summed E-state index contributed by atoms with van der Waals surface area (Å²) in [4.78, 5) is 13.9. The van der Waals surface area contributed by atoms with Gasteiger partial charge in [0.2, 0.25) is 0 Å². The highest BCUT2D eigenvalue weighted by atomic mass is 79.9. The number of rotatable bonds is 2. The van der Waals surface area contributed by atoms with Crippen molar-refractivity contribution in [1.29, 1.82) is 0 Å². The number of aromatic nitrogens is 1. The van der Waals surface area contributed by atoms with Gasteiger partial charge >= 0.3 is 0 Å². The van der Waals surface area contributed by atoms with E-state index in [4.69, 9.17) is 16.7 Å². The molecule has 1 heterocycles. The van der Waals surface area contributed by atoms with E-state index in [1.807, 2.05) is 0 Å². The van der Waals surface area contributed by atoms with Gasteiger partial charge in [-0.05, 0) is 33.6 Å². The van der Waals surface area contributed by atoms with Crippen LogP contribution < -0.4 is 0 Å². The number of hydrogen-bond donors (Lipinski definition) is 1. The molecule has 0 aromatic carbocycles. The number of carbonyl (C=O) groups is 1. The molecular weight excluding hydrogens is 283 g/mol. The Balaban J connectivity index is 3.34. The standard InChI is InChI=1S/C7H3BrClF2NO2/c8-2-1-3(13)5(6(9)14)12-4(2)7(10)11/h1,7,13H. The summed E-state index contributed by atoms with van der Waals surface area (Å²) >= 11 is 7.79. The lowest BCUT2D eigenvalue weighted by molar-refractivity contribution is 0.107. The fraction of sp³-hybridized carbons (Fsp3) is 0.143. The third-order valence-electron chi connectivity index (χ3n) is 1.38. The zero-order valence-electron chi connectivity index (χ0n) is 6.47. The van der Waals surface area contributed by atoms with Crippen LogP contribution in [0.5, 0.6) is 5.75 Å². The first-order chi connectivity index (χ1) is 6.43. The highest BCUT2D eigenvalue weighted by Crippen LogP contribution is 2.30. The van der Waals surface area contributed by atoms with Crippen LogP contribution in [0.2, 0.25) is 0 Å². The summed E-state index contributed by atoms with van der Waals surface area (Å²) in [6, 6.07) is 0.949. The predicted octanol–water partition coefficient (Wildman–Crippen LogP) is 2.87. The molecule has 0 saturated heterocycles. The average Bonchev–Trinajstić information content (AvgIpc) is 2.02. The smallest absolute Gasteiger partial charge is 0.281 e. The summed E-state index contributed by atoms with van der Waals surface area (Å²) in [7, 11) is 0. The Morgan fingerprint density at radius 3 is 2.64 bits per heavy atom. The van der Waals surface area contributed by atoms with Crippen LogP contribution in [0.15, 0.2) is 10.5 Å². The molecule has 14 heavy (non-hydrogen) atoms. The average molecular weight is 286 g/mol. The number of nitrogens with zero attached hydrogens (tertiary/aromatic N) is 1. The van der Waals surface area contributed by atoms with Gasteiger partial charge in [-0.25, -0.2) is 13.8 Å². The van der Waals surface area contributed by atoms with Gasteiger partial charge in [0.25, 0.3) is 11.7 Å². The second-order valence-electron chi connectivity index (χ2n) is 2.30. The fourth-order valence-corrected chi connectivity index (χ4v) is 1.41. The van der Waals surface area contributed by atoms with Crippen LogP contribution in [0.4, 0.5) is 8.78 Å². The first-order valence-corrected chi connectivity index (χ1v) is 4.48. The zero-order chi connectivity index (χ0) is 10.9. The minimum atomic E-state index is -2.85. The largest absolute Gasteiger partial charge is 0.505 e. The highest BCUT2D eigenvalue weighted by Gasteiger charge is 2.19. The summed E-state index contributed by atoms with van der Waals surface area (Å²) in [5, 5.41) is 8.04. The van der Waals surface area contributed by atoms with Gasteiger partial charge in [-0.2, -0.15) is 0 Å². The number of hydrogen-bond acceptors (Lipinski definition) is 3. The normalized spacial score (nSPS) is 10.6. The van der Waals surface area contributed by atoms with E-state index in [1.54, 1.807) is 0 Å². The van der Waals surface area contributed by atoms with Crippen molar-refractivity contribution < 1.29 is 18.7 Å². The number of pyridine rings is 1. The molecule has 0 fully saturated rings. The Kier molecular flexibility index (Phi) is 3.38. The Morgan fingerprint density at radius 1 is 1.64 bits per heavy atom. The maximum atomic E-state index is 12.3. The van der Waals surface area contributed by atoms with E-state index in [1.165, 1.54) is 0 Å². The Bertz CT molecular complexity index is 386. The van der Waals surface area contributed by atoms with Gasteiger partial charge in [-0.1, -0.05) is 0 Å². The van der Waals surface area contributed by atoms with E-state index < -0.39 is 28.8 Å². The molecule has 0 spiro atoms. The molecule has 0 aliphatic rings. The molecule has 3 nitrogen and oxygen atoms in total. The van der Waals surface area contributed by atoms with Gasteiger partial charge < -0.3 is 5.11 Å². The van der Waals surface area contributed by atoms with E-state index in [0.29, 0.717) is 0 Å². The summed E-state index contributed by atoms with van der Waals surface area (Å²) in [5.41, 5.74) is -1.21. The molecule has 0 aliphatic carbocycles. The van der Waals surface area contributed by atoms with Gasteiger partial charge in [0.1, 0.15) is 11.4 Å². The van der Waals surface area contributed by atoms with Crippen molar-refractivity contribution >= 4 is 32.8 Å². The van der Waals surface area contributed by atoms with E-state index in [9.17, 15) is 13.6 Å². The monoisotopic (exact) mass is 285 g/mol. The molecule has 0 aliphatic heterocycles. The van der Waals surface area contributed by atoms with Crippen molar-refractivity contribution in [3.8, 4) is 5.75 Å². The van der Waals surface area contributed by atoms with Gasteiger partial charge in [0, 0.05) is 4.47 Å². The lowest BCUT2D eigenvalue weighted by Crippen LogP contribution is -2.00. The SMILES string of the molecule is O=C(Cl)c1nc(C(F)F)c(Br)cc1O. The number of carbonyl (C=O) groups excluding carboxylic acids is 1. The minimum Gasteiger partial charge on any atom is -0.505 e. The van der Waals surface area contributed by atoms with Crippen LogP contribution in [0.25, 0.3) is 0 Å². The lowest BCUT2D eigenvalue weighted by Gasteiger charge is -2.05. The molecule has 0 radical (unpaired) electrons. The topological polar surface area (TPSA) is 50.2 Å². The van der Waals surface area contributed by atoms with Crippen LogP contribution in [0.1, 0.15) is 22.6 Å². The summed E-state index contributed by atoms with van der Waals surface area (Å²) < 4.78 is 24.5. The van der Waals surface area contributed by atoms with Crippen LogP contribution in [-0.2, 0) is 0 Å². The molecule has 1 N–H and O–H groups in total.